The number of nitrogens with zero attached hydrogens (tertiary/aromatic N) is 3. The fourth-order valence-electron chi connectivity index (χ4n) is 2.79. The minimum Gasteiger partial charge on any atom is -0.409 e. The molecule has 4 N–H and O–H groups in total. The Labute approximate surface area is 117 Å². The molecular weight excluding hydrogens is 258 g/mol. The summed E-state index contributed by atoms with van der Waals surface area (Å²) in [4.78, 5) is 12.5. The van der Waals surface area contributed by atoms with Gasteiger partial charge in [0.25, 0.3) is 5.91 Å². The Hall–Kier alpha value is -2.05. The van der Waals surface area contributed by atoms with Gasteiger partial charge < -0.3 is 16.3 Å². The van der Waals surface area contributed by atoms with Crippen LogP contribution < -0.4 is 11.1 Å². The number of hydrogen-bond acceptors (Lipinski definition) is 4. The molecule has 1 aliphatic rings. The van der Waals surface area contributed by atoms with E-state index >= 15 is 0 Å². The van der Waals surface area contributed by atoms with Crippen molar-refractivity contribution in [1.82, 2.24) is 15.1 Å². The van der Waals surface area contributed by atoms with Crippen LogP contribution in [0.2, 0.25) is 0 Å². The van der Waals surface area contributed by atoms with E-state index in [9.17, 15) is 4.79 Å². The predicted molar refractivity (Wildman–Crippen MR) is 74.7 cm³/mol. The van der Waals surface area contributed by atoms with E-state index in [1.807, 2.05) is 6.92 Å². The Morgan fingerprint density at radius 2 is 2.25 bits per heavy atom. The summed E-state index contributed by atoms with van der Waals surface area (Å²) in [5.74, 6) is -0.145. The maximum absolute atomic E-state index is 12.5. The third kappa shape index (κ3) is 2.48. The topological polar surface area (TPSA) is 106 Å². The SMILES string of the molecule is CCc1nn(C)cc1C(=O)NC1(/C(N)=N/O)CCCC1. The highest BCUT2D eigenvalue weighted by Gasteiger charge is 2.40. The number of amides is 1. The lowest BCUT2D eigenvalue weighted by molar-refractivity contribution is 0.0921. The normalized spacial score (nSPS) is 18.2. The summed E-state index contributed by atoms with van der Waals surface area (Å²) < 4.78 is 1.62. The Morgan fingerprint density at radius 1 is 1.60 bits per heavy atom. The first-order chi connectivity index (χ1) is 9.52. The lowest BCUT2D eigenvalue weighted by Crippen LogP contribution is -2.55. The molecule has 1 fully saturated rings. The number of oxime groups is 1. The molecule has 0 atom stereocenters. The molecule has 0 aliphatic heterocycles. The molecule has 0 unspecified atom stereocenters. The highest BCUT2D eigenvalue weighted by Crippen LogP contribution is 2.30. The number of carbonyl (C=O) groups is 1. The number of amidine groups is 1. The molecule has 7 nitrogen and oxygen atoms in total. The van der Waals surface area contributed by atoms with Gasteiger partial charge in [0.05, 0.1) is 11.3 Å². The number of nitrogens with one attached hydrogen (secondary N) is 1. The molecule has 7 heteroatoms. The van der Waals surface area contributed by atoms with Gasteiger partial charge in [-0.25, -0.2) is 0 Å². The second-order valence-corrected chi connectivity index (χ2v) is 5.25. The summed E-state index contributed by atoms with van der Waals surface area (Å²) in [6.07, 6.45) is 5.66. The minimum atomic E-state index is -0.729. The number of hydrogen-bond donors (Lipinski definition) is 3. The van der Waals surface area contributed by atoms with E-state index in [2.05, 4.69) is 15.6 Å². The summed E-state index contributed by atoms with van der Waals surface area (Å²) >= 11 is 0. The Morgan fingerprint density at radius 3 is 2.80 bits per heavy atom. The average Bonchev–Trinajstić information content (AvgIpc) is 3.05. The molecule has 1 aliphatic carbocycles. The second-order valence-electron chi connectivity index (χ2n) is 5.25. The van der Waals surface area contributed by atoms with E-state index in [-0.39, 0.29) is 11.7 Å². The van der Waals surface area contributed by atoms with Crippen LogP contribution in [0.1, 0.15) is 48.7 Å². The Balaban J connectivity index is 2.25. The summed E-state index contributed by atoms with van der Waals surface area (Å²) in [5.41, 5.74) is 6.35. The predicted octanol–water partition coefficient (Wildman–Crippen LogP) is 0.771. The van der Waals surface area contributed by atoms with Gasteiger partial charge in [-0.15, -0.1) is 0 Å². The first-order valence-electron chi connectivity index (χ1n) is 6.85. The highest BCUT2D eigenvalue weighted by molar-refractivity contribution is 6.00. The second kappa shape index (κ2) is 5.52. The zero-order valence-electron chi connectivity index (χ0n) is 11.9. The zero-order valence-corrected chi connectivity index (χ0v) is 11.9. The largest absolute Gasteiger partial charge is 0.409 e. The molecule has 1 saturated carbocycles. The number of nitrogens with two attached hydrogens (primary N) is 1. The number of aromatic nitrogens is 2. The zero-order chi connectivity index (χ0) is 14.8. The van der Waals surface area contributed by atoms with Crippen LogP contribution in [0, 0.1) is 0 Å². The van der Waals surface area contributed by atoms with E-state index < -0.39 is 5.54 Å². The van der Waals surface area contributed by atoms with E-state index in [4.69, 9.17) is 10.9 Å². The third-order valence-corrected chi connectivity index (χ3v) is 3.89. The molecule has 2 rings (SSSR count). The van der Waals surface area contributed by atoms with Crippen molar-refractivity contribution in [3.05, 3.63) is 17.5 Å². The molecule has 110 valence electrons. The van der Waals surface area contributed by atoms with Crippen molar-refractivity contribution < 1.29 is 10.0 Å². The van der Waals surface area contributed by atoms with Crippen molar-refractivity contribution in [3.8, 4) is 0 Å². The maximum Gasteiger partial charge on any atom is 0.255 e. The monoisotopic (exact) mass is 279 g/mol. The van der Waals surface area contributed by atoms with Crippen LogP contribution in [0.5, 0.6) is 0 Å². The molecule has 0 radical (unpaired) electrons. The summed E-state index contributed by atoms with van der Waals surface area (Å²) in [6, 6.07) is 0. The van der Waals surface area contributed by atoms with E-state index in [1.54, 1.807) is 17.9 Å². The molecule has 1 aromatic rings. The van der Waals surface area contributed by atoms with Crippen molar-refractivity contribution in [2.75, 3.05) is 0 Å². The fourth-order valence-corrected chi connectivity index (χ4v) is 2.79. The number of aryl methyl sites for hydroxylation is 2. The van der Waals surface area contributed by atoms with Gasteiger partial charge in [0.2, 0.25) is 0 Å². The fraction of sp³-hybridized carbons (Fsp3) is 0.615. The molecule has 0 saturated heterocycles. The average molecular weight is 279 g/mol. The van der Waals surface area contributed by atoms with Gasteiger partial charge in [-0.2, -0.15) is 5.10 Å². The lowest BCUT2D eigenvalue weighted by Gasteiger charge is -2.28. The highest BCUT2D eigenvalue weighted by atomic mass is 16.4. The van der Waals surface area contributed by atoms with Gasteiger partial charge in [0, 0.05) is 13.2 Å². The van der Waals surface area contributed by atoms with Crippen molar-refractivity contribution in [1.29, 1.82) is 0 Å². The molecule has 1 amide bonds. The van der Waals surface area contributed by atoms with Crippen LogP contribution in [0.3, 0.4) is 0 Å². The standard InChI is InChI=1S/C13H21N5O2/c1-3-10-9(8-18(2)16-10)11(19)15-13(12(14)17-20)6-4-5-7-13/h8,20H,3-7H2,1-2H3,(H2,14,17)(H,15,19). The third-order valence-electron chi connectivity index (χ3n) is 3.89. The van der Waals surface area contributed by atoms with Gasteiger partial charge in [-0.1, -0.05) is 24.9 Å². The summed E-state index contributed by atoms with van der Waals surface area (Å²) in [6.45, 7) is 1.95. The molecule has 0 spiro atoms. The number of rotatable bonds is 4. The summed E-state index contributed by atoms with van der Waals surface area (Å²) in [7, 11) is 1.78. The lowest BCUT2D eigenvalue weighted by atomic mass is 9.95. The maximum atomic E-state index is 12.5. The van der Waals surface area contributed by atoms with Crippen LogP contribution in [0.15, 0.2) is 11.4 Å². The Bertz CT molecular complexity index is 529. The molecular formula is C13H21N5O2. The Kier molecular flexibility index (Phi) is 3.96. The molecule has 1 heterocycles. The smallest absolute Gasteiger partial charge is 0.255 e. The molecule has 1 aromatic heterocycles. The number of carbonyl (C=O) groups excluding carboxylic acids is 1. The van der Waals surface area contributed by atoms with Crippen LogP contribution in [-0.2, 0) is 13.5 Å². The van der Waals surface area contributed by atoms with Gasteiger partial charge in [-0.05, 0) is 19.3 Å². The van der Waals surface area contributed by atoms with Crippen LogP contribution in [-0.4, -0.2) is 32.3 Å². The van der Waals surface area contributed by atoms with E-state index in [0.717, 1.165) is 18.5 Å². The van der Waals surface area contributed by atoms with Crippen molar-refractivity contribution in [2.45, 2.75) is 44.6 Å². The van der Waals surface area contributed by atoms with Crippen LogP contribution in [0.25, 0.3) is 0 Å². The van der Waals surface area contributed by atoms with E-state index in [1.165, 1.54) is 0 Å². The first-order valence-corrected chi connectivity index (χ1v) is 6.85. The van der Waals surface area contributed by atoms with Gasteiger partial charge >= 0.3 is 0 Å². The van der Waals surface area contributed by atoms with Crippen molar-refractivity contribution in [3.63, 3.8) is 0 Å². The van der Waals surface area contributed by atoms with Crippen LogP contribution >= 0.6 is 0 Å². The quantitative estimate of drug-likeness (QED) is 0.327. The minimum absolute atomic E-state index is 0.0743. The van der Waals surface area contributed by atoms with Gasteiger partial charge in [-0.3, -0.25) is 9.48 Å². The van der Waals surface area contributed by atoms with Crippen molar-refractivity contribution in [2.24, 2.45) is 17.9 Å². The molecule has 0 bridgehead atoms. The molecule has 0 aromatic carbocycles. The molecule has 20 heavy (non-hydrogen) atoms. The van der Waals surface area contributed by atoms with Gasteiger partial charge in [0.1, 0.15) is 5.54 Å². The van der Waals surface area contributed by atoms with Crippen LogP contribution in [0.4, 0.5) is 0 Å². The van der Waals surface area contributed by atoms with E-state index in [0.29, 0.717) is 24.8 Å². The van der Waals surface area contributed by atoms with Gasteiger partial charge in [0.15, 0.2) is 5.84 Å². The summed E-state index contributed by atoms with van der Waals surface area (Å²) in [5, 5.41) is 19.2. The van der Waals surface area contributed by atoms with Crippen molar-refractivity contribution >= 4 is 11.7 Å². The first kappa shape index (κ1) is 14.4.